The van der Waals surface area contributed by atoms with Crippen molar-refractivity contribution in [2.75, 3.05) is 0 Å². The van der Waals surface area contributed by atoms with E-state index in [9.17, 15) is 0 Å². The van der Waals surface area contributed by atoms with Crippen LogP contribution in [-0.2, 0) is 0 Å². The minimum absolute atomic E-state index is 0.162. The first kappa shape index (κ1) is 10.6. The molecule has 0 spiro atoms. The van der Waals surface area contributed by atoms with E-state index >= 15 is 0 Å². The van der Waals surface area contributed by atoms with Gasteiger partial charge >= 0.3 is 0 Å². The van der Waals surface area contributed by atoms with E-state index in [1.807, 2.05) is 30.3 Å². The second kappa shape index (κ2) is 4.30. The highest BCUT2D eigenvalue weighted by molar-refractivity contribution is 6.28. The predicted octanol–water partition coefficient (Wildman–Crippen LogP) is 2.98. The Morgan fingerprint density at radius 1 is 1.19 bits per heavy atom. The van der Waals surface area contributed by atoms with Crippen LogP contribution >= 0.6 is 11.6 Å². The average molecular weight is 230 g/mol. The molecule has 0 aliphatic heterocycles. The second-order valence-corrected chi connectivity index (χ2v) is 3.62. The van der Waals surface area contributed by atoms with Crippen LogP contribution in [0.1, 0.15) is 11.3 Å². The number of aryl methyl sites for hydroxylation is 1. The van der Waals surface area contributed by atoms with Gasteiger partial charge in [-0.1, -0.05) is 30.3 Å². The van der Waals surface area contributed by atoms with Gasteiger partial charge < -0.3 is 0 Å². The first-order chi connectivity index (χ1) is 7.72. The molecule has 3 nitrogen and oxygen atoms in total. The number of hydrogen-bond acceptors (Lipinski definition) is 3. The minimum atomic E-state index is 0.162. The van der Waals surface area contributed by atoms with E-state index in [2.05, 4.69) is 16.0 Å². The molecule has 0 radical (unpaired) electrons. The Morgan fingerprint density at radius 3 is 2.50 bits per heavy atom. The van der Waals surface area contributed by atoms with Crippen molar-refractivity contribution in [2.24, 2.45) is 0 Å². The van der Waals surface area contributed by atoms with Gasteiger partial charge in [-0.05, 0) is 18.5 Å². The van der Waals surface area contributed by atoms with Gasteiger partial charge in [-0.25, -0.2) is 9.97 Å². The molecule has 1 heterocycles. The molecular formula is C12H8ClN3. The van der Waals surface area contributed by atoms with Crippen LogP contribution in [0.5, 0.6) is 0 Å². The molecule has 0 aliphatic rings. The summed E-state index contributed by atoms with van der Waals surface area (Å²) in [5.41, 5.74) is 2.52. The average Bonchev–Trinajstić information content (AvgIpc) is 2.29. The highest BCUT2D eigenvalue weighted by Crippen LogP contribution is 2.23. The molecule has 2 rings (SSSR count). The number of aromatic nitrogens is 2. The number of rotatable bonds is 1. The Labute approximate surface area is 98.4 Å². The smallest absolute Gasteiger partial charge is 0.222 e. The van der Waals surface area contributed by atoms with Crippen LogP contribution in [0.2, 0.25) is 5.28 Å². The van der Waals surface area contributed by atoms with Gasteiger partial charge in [-0.3, -0.25) is 0 Å². The summed E-state index contributed by atoms with van der Waals surface area (Å²) in [5, 5.41) is 9.24. The summed E-state index contributed by atoms with van der Waals surface area (Å²) < 4.78 is 0. The lowest BCUT2D eigenvalue weighted by molar-refractivity contribution is 1.09. The summed E-state index contributed by atoms with van der Waals surface area (Å²) in [4.78, 5) is 8.07. The Balaban J connectivity index is 2.70. The monoisotopic (exact) mass is 229 g/mol. The maximum atomic E-state index is 9.08. The van der Waals surface area contributed by atoms with Crippen LogP contribution < -0.4 is 0 Å². The van der Waals surface area contributed by atoms with Crippen LogP contribution in [0.15, 0.2) is 30.3 Å². The molecule has 0 atom stereocenters. The van der Waals surface area contributed by atoms with Crippen LogP contribution in [0.3, 0.4) is 0 Å². The van der Waals surface area contributed by atoms with E-state index in [4.69, 9.17) is 16.9 Å². The molecule has 4 heteroatoms. The maximum Gasteiger partial charge on any atom is 0.223 e. The number of benzene rings is 1. The van der Waals surface area contributed by atoms with Gasteiger partial charge in [-0.15, -0.1) is 0 Å². The normalized spacial score (nSPS) is 9.81. The van der Waals surface area contributed by atoms with E-state index in [1.165, 1.54) is 0 Å². The van der Waals surface area contributed by atoms with E-state index in [-0.39, 0.29) is 5.28 Å². The van der Waals surface area contributed by atoms with Crippen molar-refractivity contribution in [3.63, 3.8) is 0 Å². The predicted molar refractivity (Wildman–Crippen MR) is 61.9 cm³/mol. The Bertz CT molecular complexity index is 558. The molecule has 2 aromatic rings. The van der Waals surface area contributed by atoms with Gasteiger partial charge in [-0.2, -0.15) is 5.26 Å². The third-order valence-electron chi connectivity index (χ3n) is 2.22. The van der Waals surface area contributed by atoms with Gasteiger partial charge in [0, 0.05) is 5.56 Å². The molecule has 16 heavy (non-hydrogen) atoms. The molecule has 78 valence electrons. The number of nitriles is 1. The fourth-order valence-electron chi connectivity index (χ4n) is 1.48. The zero-order valence-electron chi connectivity index (χ0n) is 8.61. The zero-order chi connectivity index (χ0) is 11.5. The largest absolute Gasteiger partial charge is 0.223 e. The fraction of sp³-hybridized carbons (Fsp3) is 0.0833. The van der Waals surface area contributed by atoms with Gasteiger partial charge in [0.25, 0.3) is 0 Å². The van der Waals surface area contributed by atoms with Crippen LogP contribution in [0.4, 0.5) is 0 Å². The molecule has 0 fully saturated rings. The van der Waals surface area contributed by atoms with Crippen molar-refractivity contribution in [1.82, 2.24) is 9.97 Å². The molecule has 1 aromatic heterocycles. The lowest BCUT2D eigenvalue weighted by Crippen LogP contribution is -1.97. The lowest BCUT2D eigenvalue weighted by Gasteiger charge is -2.05. The summed E-state index contributed by atoms with van der Waals surface area (Å²) >= 11 is 5.80. The highest BCUT2D eigenvalue weighted by atomic mass is 35.5. The molecule has 0 saturated heterocycles. The van der Waals surface area contributed by atoms with Gasteiger partial charge in [0.05, 0.1) is 17.0 Å². The van der Waals surface area contributed by atoms with Crippen molar-refractivity contribution in [3.05, 3.63) is 46.9 Å². The van der Waals surface area contributed by atoms with E-state index in [0.717, 1.165) is 5.56 Å². The maximum absolute atomic E-state index is 9.08. The number of nitrogens with zero attached hydrogens (tertiary/aromatic N) is 3. The lowest BCUT2D eigenvalue weighted by atomic mass is 10.1. The molecule has 0 unspecified atom stereocenters. The first-order valence-corrected chi connectivity index (χ1v) is 5.10. The van der Waals surface area contributed by atoms with Crippen molar-refractivity contribution < 1.29 is 0 Å². The molecule has 1 aromatic carbocycles. The SMILES string of the molecule is Cc1nc(Cl)nc(-c2ccccc2)c1C#N. The summed E-state index contributed by atoms with van der Waals surface area (Å²) in [6.07, 6.45) is 0. The Morgan fingerprint density at radius 2 is 1.88 bits per heavy atom. The fourth-order valence-corrected chi connectivity index (χ4v) is 1.69. The summed E-state index contributed by atoms with van der Waals surface area (Å²) in [6.45, 7) is 1.75. The molecule has 0 amide bonds. The zero-order valence-corrected chi connectivity index (χ0v) is 9.36. The van der Waals surface area contributed by atoms with Crippen LogP contribution in [0.25, 0.3) is 11.3 Å². The van der Waals surface area contributed by atoms with E-state index < -0.39 is 0 Å². The summed E-state index contributed by atoms with van der Waals surface area (Å²) in [6, 6.07) is 11.6. The van der Waals surface area contributed by atoms with Gasteiger partial charge in [0.15, 0.2) is 0 Å². The summed E-state index contributed by atoms with van der Waals surface area (Å²) in [7, 11) is 0. The number of halogens is 1. The highest BCUT2D eigenvalue weighted by Gasteiger charge is 2.11. The molecule has 0 N–H and O–H groups in total. The molecule has 0 bridgehead atoms. The molecule has 0 aliphatic carbocycles. The van der Waals surface area contributed by atoms with E-state index in [1.54, 1.807) is 6.92 Å². The standard InChI is InChI=1S/C12H8ClN3/c1-8-10(7-14)11(16-12(13)15-8)9-5-3-2-4-6-9/h2-6H,1H3. The van der Waals surface area contributed by atoms with Crippen LogP contribution in [-0.4, -0.2) is 9.97 Å². The third-order valence-corrected chi connectivity index (χ3v) is 2.39. The second-order valence-electron chi connectivity index (χ2n) is 3.28. The van der Waals surface area contributed by atoms with E-state index in [0.29, 0.717) is 17.0 Å². The van der Waals surface area contributed by atoms with Crippen molar-refractivity contribution >= 4 is 11.6 Å². The third kappa shape index (κ3) is 1.88. The van der Waals surface area contributed by atoms with Crippen molar-refractivity contribution in [1.29, 1.82) is 5.26 Å². The minimum Gasteiger partial charge on any atom is -0.222 e. The topological polar surface area (TPSA) is 49.6 Å². The van der Waals surface area contributed by atoms with Crippen LogP contribution in [0, 0.1) is 18.3 Å². The molecule has 0 saturated carbocycles. The Hall–Kier alpha value is -1.92. The van der Waals surface area contributed by atoms with Gasteiger partial charge in [0.2, 0.25) is 5.28 Å². The Kier molecular flexibility index (Phi) is 2.84. The summed E-state index contributed by atoms with van der Waals surface area (Å²) in [5.74, 6) is 0. The van der Waals surface area contributed by atoms with Crippen molar-refractivity contribution in [2.45, 2.75) is 6.92 Å². The number of hydrogen-bond donors (Lipinski definition) is 0. The van der Waals surface area contributed by atoms with Gasteiger partial charge in [0.1, 0.15) is 6.07 Å². The first-order valence-electron chi connectivity index (χ1n) is 4.72. The quantitative estimate of drug-likeness (QED) is 0.707. The molecular weight excluding hydrogens is 222 g/mol. The van der Waals surface area contributed by atoms with Crippen molar-refractivity contribution in [3.8, 4) is 17.3 Å².